The molecule has 1 aromatic carbocycles. The second-order valence-electron chi connectivity index (χ2n) is 7.08. The Balaban J connectivity index is 1.56. The van der Waals surface area contributed by atoms with Crippen LogP contribution in [0.3, 0.4) is 0 Å². The number of rotatable bonds is 3. The molecular formula is C19H27N3O2. The Morgan fingerprint density at radius 2 is 1.83 bits per heavy atom. The Labute approximate surface area is 143 Å². The van der Waals surface area contributed by atoms with E-state index in [9.17, 15) is 9.59 Å². The summed E-state index contributed by atoms with van der Waals surface area (Å²) in [5.74, 6) is 0.902. The van der Waals surface area contributed by atoms with E-state index in [1.807, 2.05) is 29.2 Å². The summed E-state index contributed by atoms with van der Waals surface area (Å²) in [6.07, 6.45) is 4.13. The van der Waals surface area contributed by atoms with E-state index in [2.05, 4.69) is 17.6 Å². The summed E-state index contributed by atoms with van der Waals surface area (Å²) in [5, 5.41) is 6.21. The van der Waals surface area contributed by atoms with Crippen molar-refractivity contribution in [1.82, 2.24) is 10.2 Å². The quantitative estimate of drug-likeness (QED) is 0.896. The molecule has 5 heteroatoms. The van der Waals surface area contributed by atoms with E-state index in [0.717, 1.165) is 57.5 Å². The van der Waals surface area contributed by atoms with Gasteiger partial charge in [-0.2, -0.15) is 0 Å². The monoisotopic (exact) mass is 329 g/mol. The van der Waals surface area contributed by atoms with Crippen LogP contribution in [0.4, 0.5) is 5.69 Å². The van der Waals surface area contributed by atoms with Crippen LogP contribution in [0.2, 0.25) is 0 Å². The van der Waals surface area contributed by atoms with Crippen molar-refractivity contribution >= 4 is 17.5 Å². The molecule has 2 aliphatic heterocycles. The SMILES string of the molecule is CC1CCN(C(=O)c2ccc(NC(=O)C3CCCNC3)cc2)CC1. The third-order valence-corrected chi connectivity index (χ3v) is 5.14. The average Bonchev–Trinajstić information content (AvgIpc) is 2.63. The summed E-state index contributed by atoms with van der Waals surface area (Å²) in [5.41, 5.74) is 1.45. The van der Waals surface area contributed by atoms with Crippen LogP contribution in [-0.4, -0.2) is 42.9 Å². The number of benzene rings is 1. The number of hydrogen-bond donors (Lipinski definition) is 2. The van der Waals surface area contributed by atoms with Crippen molar-refractivity contribution in [3.63, 3.8) is 0 Å². The average molecular weight is 329 g/mol. The Bertz CT molecular complexity index is 571. The zero-order valence-corrected chi connectivity index (χ0v) is 14.4. The molecule has 2 heterocycles. The predicted octanol–water partition coefficient (Wildman–Crippen LogP) is 2.50. The number of carbonyl (C=O) groups is 2. The molecule has 130 valence electrons. The largest absolute Gasteiger partial charge is 0.339 e. The third-order valence-electron chi connectivity index (χ3n) is 5.14. The molecule has 0 aromatic heterocycles. The van der Waals surface area contributed by atoms with E-state index in [-0.39, 0.29) is 17.7 Å². The lowest BCUT2D eigenvalue weighted by atomic mass is 9.98. The van der Waals surface area contributed by atoms with Crippen LogP contribution in [0.25, 0.3) is 0 Å². The Morgan fingerprint density at radius 1 is 1.12 bits per heavy atom. The van der Waals surface area contributed by atoms with Crippen LogP contribution in [0.1, 0.15) is 43.0 Å². The van der Waals surface area contributed by atoms with Gasteiger partial charge < -0.3 is 15.5 Å². The molecule has 0 spiro atoms. The number of amides is 2. The molecule has 0 aliphatic carbocycles. The maximum absolute atomic E-state index is 12.5. The first-order chi connectivity index (χ1) is 11.6. The van der Waals surface area contributed by atoms with Gasteiger partial charge in [-0.25, -0.2) is 0 Å². The number of anilines is 1. The summed E-state index contributed by atoms with van der Waals surface area (Å²) in [7, 11) is 0. The first-order valence-corrected chi connectivity index (χ1v) is 9.04. The van der Waals surface area contributed by atoms with Crippen molar-refractivity contribution in [2.24, 2.45) is 11.8 Å². The normalized spacial score (nSPS) is 22.2. The minimum Gasteiger partial charge on any atom is -0.339 e. The maximum atomic E-state index is 12.5. The summed E-state index contributed by atoms with van der Waals surface area (Å²) < 4.78 is 0. The van der Waals surface area contributed by atoms with Gasteiger partial charge in [0.05, 0.1) is 5.92 Å². The molecule has 2 N–H and O–H groups in total. The first kappa shape index (κ1) is 17.0. The molecule has 24 heavy (non-hydrogen) atoms. The summed E-state index contributed by atoms with van der Waals surface area (Å²) in [4.78, 5) is 26.7. The molecule has 1 aromatic rings. The molecule has 2 amide bonds. The second kappa shape index (κ2) is 7.79. The van der Waals surface area contributed by atoms with Gasteiger partial charge in [-0.15, -0.1) is 0 Å². The molecule has 2 saturated heterocycles. The van der Waals surface area contributed by atoms with Crippen LogP contribution in [0, 0.1) is 11.8 Å². The Hall–Kier alpha value is -1.88. The number of nitrogens with zero attached hydrogens (tertiary/aromatic N) is 1. The number of carbonyl (C=O) groups excluding carboxylic acids is 2. The Morgan fingerprint density at radius 3 is 2.46 bits per heavy atom. The molecule has 0 bridgehead atoms. The van der Waals surface area contributed by atoms with E-state index in [4.69, 9.17) is 0 Å². The van der Waals surface area contributed by atoms with Crippen LogP contribution < -0.4 is 10.6 Å². The number of likely N-dealkylation sites (tertiary alicyclic amines) is 1. The highest BCUT2D eigenvalue weighted by atomic mass is 16.2. The lowest BCUT2D eigenvalue weighted by Gasteiger charge is -2.30. The fourth-order valence-electron chi connectivity index (χ4n) is 3.41. The highest BCUT2D eigenvalue weighted by molar-refractivity contribution is 5.96. The Kier molecular flexibility index (Phi) is 5.51. The van der Waals surface area contributed by atoms with Crippen molar-refractivity contribution in [2.45, 2.75) is 32.6 Å². The van der Waals surface area contributed by atoms with Gasteiger partial charge in [0, 0.05) is 30.9 Å². The fourth-order valence-corrected chi connectivity index (χ4v) is 3.41. The van der Waals surface area contributed by atoms with Gasteiger partial charge in [-0.3, -0.25) is 9.59 Å². The minimum absolute atomic E-state index is 0.0374. The highest BCUT2D eigenvalue weighted by Crippen LogP contribution is 2.20. The van der Waals surface area contributed by atoms with Gasteiger partial charge in [0.1, 0.15) is 0 Å². The first-order valence-electron chi connectivity index (χ1n) is 9.04. The van der Waals surface area contributed by atoms with E-state index < -0.39 is 0 Å². The van der Waals surface area contributed by atoms with Crippen molar-refractivity contribution < 1.29 is 9.59 Å². The minimum atomic E-state index is 0.0374. The van der Waals surface area contributed by atoms with Gasteiger partial charge in [0.2, 0.25) is 5.91 Å². The summed E-state index contributed by atoms with van der Waals surface area (Å²) in [6.45, 7) is 5.66. The van der Waals surface area contributed by atoms with Gasteiger partial charge in [0.15, 0.2) is 0 Å². The van der Waals surface area contributed by atoms with Crippen molar-refractivity contribution in [3.05, 3.63) is 29.8 Å². The second-order valence-corrected chi connectivity index (χ2v) is 7.08. The lowest BCUT2D eigenvalue weighted by Crippen LogP contribution is -2.38. The van der Waals surface area contributed by atoms with E-state index in [1.165, 1.54) is 0 Å². The summed E-state index contributed by atoms with van der Waals surface area (Å²) >= 11 is 0. The van der Waals surface area contributed by atoms with E-state index >= 15 is 0 Å². The zero-order valence-electron chi connectivity index (χ0n) is 14.4. The third kappa shape index (κ3) is 4.15. The van der Waals surface area contributed by atoms with Crippen LogP contribution >= 0.6 is 0 Å². The highest BCUT2D eigenvalue weighted by Gasteiger charge is 2.22. The van der Waals surface area contributed by atoms with E-state index in [1.54, 1.807) is 0 Å². The van der Waals surface area contributed by atoms with Gasteiger partial charge in [0.25, 0.3) is 5.91 Å². The summed E-state index contributed by atoms with van der Waals surface area (Å²) in [6, 6.07) is 7.28. The lowest BCUT2D eigenvalue weighted by molar-refractivity contribution is -0.120. The van der Waals surface area contributed by atoms with Crippen LogP contribution in [-0.2, 0) is 4.79 Å². The zero-order chi connectivity index (χ0) is 16.9. The standard InChI is InChI=1S/C19H27N3O2/c1-14-8-11-22(12-9-14)19(24)15-4-6-17(7-5-15)21-18(23)16-3-2-10-20-13-16/h4-7,14,16,20H,2-3,8-13H2,1H3,(H,21,23). The van der Waals surface area contributed by atoms with Crippen molar-refractivity contribution in [1.29, 1.82) is 0 Å². The fraction of sp³-hybridized carbons (Fsp3) is 0.579. The van der Waals surface area contributed by atoms with Crippen molar-refractivity contribution in [2.75, 3.05) is 31.5 Å². The van der Waals surface area contributed by atoms with E-state index in [0.29, 0.717) is 11.5 Å². The molecule has 2 aliphatic rings. The van der Waals surface area contributed by atoms with Gasteiger partial charge in [-0.05, 0) is 62.4 Å². The number of piperidine rings is 2. The molecule has 2 fully saturated rings. The predicted molar refractivity (Wildman–Crippen MR) is 95.0 cm³/mol. The van der Waals surface area contributed by atoms with Gasteiger partial charge >= 0.3 is 0 Å². The number of nitrogens with one attached hydrogen (secondary N) is 2. The molecule has 1 unspecified atom stereocenters. The van der Waals surface area contributed by atoms with Crippen LogP contribution in [0.5, 0.6) is 0 Å². The smallest absolute Gasteiger partial charge is 0.253 e. The molecule has 5 nitrogen and oxygen atoms in total. The molecule has 3 rings (SSSR count). The maximum Gasteiger partial charge on any atom is 0.253 e. The topological polar surface area (TPSA) is 61.4 Å². The van der Waals surface area contributed by atoms with Crippen molar-refractivity contribution in [3.8, 4) is 0 Å². The molecule has 1 atom stereocenters. The molecule has 0 saturated carbocycles. The van der Waals surface area contributed by atoms with Gasteiger partial charge in [-0.1, -0.05) is 6.92 Å². The molecule has 0 radical (unpaired) electrons. The number of hydrogen-bond acceptors (Lipinski definition) is 3. The molecular weight excluding hydrogens is 302 g/mol. The van der Waals surface area contributed by atoms with Crippen LogP contribution in [0.15, 0.2) is 24.3 Å².